The van der Waals surface area contributed by atoms with E-state index in [4.69, 9.17) is 11.6 Å². The molecule has 0 N–H and O–H groups in total. The number of unbranched alkanes of at least 4 members (excludes halogenated alkanes) is 5. The molecule has 0 aliphatic heterocycles. The summed E-state index contributed by atoms with van der Waals surface area (Å²) in [6, 6.07) is 0. The first-order valence-electron chi connectivity index (χ1n) is 5.60. The summed E-state index contributed by atoms with van der Waals surface area (Å²) >= 11 is 5.23. The molecule has 0 saturated carbocycles. The number of hydrogen-bond donors (Lipinski definition) is 0. The second-order valence-electron chi connectivity index (χ2n) is 3.54. The second-order valence-corrected chi connectivity index (χ2v) is 3.96. The molecule has 0 fully saturated rings. The molecule has 0 aromatic heterocycles. The smallest absolute Gasteiger partial charge is 0.221 e. The van der Waals surface area contributed by atoms with Gasteiger partial charge in [-0.15, -0.1) is 0 Å². The normalized spacial score (nSPS) is 11.0. The fraction of sp³-hybridized carbons (Fsp3) is 0.750. The van der Waals surface area contributed by atoms with Gasteiger partial charge in [0.05, 0.1) is 0 Å². The largest absolute Gasteiger partial charge is 0.281 e. The molecule has 1 nitrogen and oxygen atoms in total. The Bertz CT molecular complexity index is 164. The maximum Gasteiger partial charge on any atom is 0.221 e. The lowest BCUT2D eigenvalue weighted by Crippen LogP contribution is -1.86. The van der Waals surface area contributed by atoms with Crippen LogP contribution in [-0.2, 0) is 4.79 Å². The molecule has 0 aliphatic carbocycles. The van der Waals surface area contributed by atoms with E-state index in [9.17, 15) is 4.79 Å². The molecule has 0 aromatic rings. The van der Waals surface area contributed by atoms with Gasteiger partial charge in [0.15, 0.2) is 0 Å². The van der Waals surface area contributed by atoms with Crippen molar-refractivity contribution in [2.75, 3.05) is 0 Å². The van der Waals surface area contributed by atoms with Crippen LogP contribution in [0.1, 0.15) is 58.3 Å². The molecule has 0 spiro atoms. The third-order valence-electron chi connectivity index (χ3n) is 2.15. The monoisotopic (exact) mass is 216 g/mol. The first-order chi connectivity index (χ1) is 6.77. The van der Waals surface area contributed by atoms with Gasteiger partial charge < -0.3 is 0 Å². The Morgan fingerprint density at radius 3 is 2.36 bits per heavy atom. The summed E-state index contributed by atoms with van der Waals surface area (Å²) in [5.41, 5.74) is 0. The number of rotatable bonds is 9. The van der Waals surface area contributed by atoms with E-state index in [0.29, 0.717) is 6.42 Å². The van der Waals surface area contributed by atoms with Gasteiger partial charge in [-0.05, 0) is 37.3 Å². The summed E-state index contributed by atoms with van der Waals surface area (Å²) in [6.07, 6.45) is 13.2. The Morgan fingerprint density at radius 1 is 1.07 bits per heavy atom. The van der Waals surface area contributed by atoms with E-state index in [-0.39, 0.29) is 5.24 Å². The first-order valence-corrected chi connectivity index (χ1v) is 5.98. The lowest BCUT2D eigenvalue weighted by molar-refractivity contribution is -0.111. The lowest BCUT2D eigenvalue weighted by Gasteiger charge is -1.97. The molecule has 0 unspecified atom stereocenters. The summed E-state index contributed by atoms with van der Waals surface area (Å²) in [6.45, 7) is 2.15. The Hall–Kier alpha value is -0.300. The van der Waals surface area contributed by atoms with Crippen LogP contribution in [0, 0.1) is 0 Å². The molecular weight excluding hydrogens is 196 g/mol. The zero-order valence-electron chi connectivity index (χ0n) is 9.10. The topological polar surface area (TPSA) is 17.1 Å². The molecule has 0 saturated heterocycles. The highest BCUT2D eigenvalue weighted by Gasteiger charge is 1.95. The zero-order valence-corrected chi connectivity index (χ0v) is 9.85. The third-order valence-corrected chi connectivity index (χ3v) is 2.34. The standard InChI is InChI=1S/C12H21ClO/c1-2-3-4-5-6-7-8-9-10-11-12(13)14/h3-4H,2,5-11H2,1H3/b4-3+. The van der Waals surface area contributed by atoms with Gasteiger partial charge in [0, 0.05) is 6.42 Å². The molecule has 2 heteroatoms. The molecule has 0 rings (SSSR count). The van der Waals surface area contributed by atoms with E-state index in [0.717, 1.165) is 19.3 Å². The summed E-state index contributed by atoms with van der Waals surface area (Å²) in [4.78, 5) is 10.4. The van der Waals surface area contributed by atoms with Crippen LogP contribution in [0.15, 0.2) is 12.2 Å². The predicted molar refractivity (Wildman–Crippen MR) is 62.6 cm³/mol. The van der Waals surface area contributed by atoms with Crippen molar-refractivity contribution in [3.63, 3.8) is 0 Å². The molecule has 82 valence electrons. The van der Waals surface area contributed by atoms with Gasteiger partial charge in [0.25, 0.3) is 0 Å². The fourth-order valence-corrected chi connectivity index (χ4v) is 1.47. The van der Waals surface area contributed by atoms with Crippen LogP contribution in [0.4, 0.5) is 0 Å². The molecule has 14 heavy (non-hydrogen) atoms. The van der Waals surface area contributed by atoms with Gasteiger partial charge in [-0.3, -0.25) is 4.79 Å². The number of halogens is 1. The van der Waals surface area contributed by atoms with Crippen LogP contribution in [0.3, 0.4) is 0 Å². The summed E-state index contributed by atoms with van der Waals surface area (Å²) in [5, 5.41) is -0.198. The van der Waals surface area contributed by atoms with Crippen molar-refractivity contribution >= 4 is 16.8 Å². The molecule has 0 aliphatic rings. The molecule has 0 radical (unpaired) electrons. The molecule has 0 bridgehead atoms. The minimum atomic E-state index is -0.198. The third kappa shape index (κ3) is 11.7. The van der Waals surface area contributed by atoms with Crippen molar-refractivity contribution in [2.24, 2.45) is 0 Å². The highest BCUT2D eigenvalue weighted by molar-refractivity contribution is 6.63. The van der Waals surface area contributed by atoms with Crippen LogP contribution in [0.25, 0.3) is 0 Å². The predicted octanol–water partition coefficient (Wildman–Crippen LogP) is 4.45. The summed E-state index contributed by atoms with van der Waals surface area (Å²) in [7, 11) is 0. The van der Waals surface area contributed by atoms with Crippen molar-refractivity contribution in [3.05, 3.63) is 12.2 Å². The van der Waals surface area contributed by atoms with E-state index >= 15 is 0 Å². The van der Waals surface area contributed by atoms with E-state index in [1.165, 1.54) is 25.7 Å². The van der Waals surface area contributed by atoms with Crippen molar-refractivity contribution in [2.45, 2.75) is 58.3 Å². The van der Waals surface area contributed by atoms with Gasteiger partial charge in [-0.2, -0.15) is 0 Å². The summed E-state index contributed by atoms with van der Waals surface area (Å²) in [5.74, 6) is 0. The SMILES string of the molecule is CC/C=C/CCCCCCCC(=O)Cl. The highest BCUT2D eigenvalue weighted by Crippen LogP contribution is 2.08. The molecule has 0 atom stereocenters. The Kier molecular flexibility index (Phi) is 10.5. The number of carbonyl (C=O) groups excluding carboxylic acids is 1. The number of allylic oxidation sites excluding steroid dienone is 2. The maximum atomic E-state index is 10.4. The highest BCUT2D eigenvalue weighted by atomic mass is 35.5. The number of carbonyl (C=O) groups is 1. The van der Waals surface area contributed by atoms with Gasteiger partial charge in [0.1, 0.15) is 0 Å². The average Bonchev–Trinajstić information content (AvgIpc) is 2.15. The van der Waals surface area contributed by atoms with Crippen LogP contribution >= 0.6 is 11.6 Å². The Balaban J connectivity index is 2.99. The zero-order chi connectivity index (χ0) is 10.6. The van der Waals surface area contributed by atoms with Crippen LogP contribution in [0.5, 0.6) is 0 Å². The van der Waals surface area contributed by atoms with Gasteiger partial charge in [-0.1, -0.05) is 38.3 Å². The van der Waals surface area contributed by atoms with Crippen LogP contribution < -0.4 is 0 Å². The minimum absolute atomic E-state index is 0.198. The lowest BCUT2D eigenvalue weighted by atomic mass is 10.1. The molecule has 0 amide bonds. The van der Waals surface area contributed by atoms with E-state index < -0.39 is 0 Å². The minimum Gasteiger partial charge on any atom is -0.281 e. The maximum absolute atomic E-state index is 10.4. The van der Waals surface area contributed by atoms with Crippen molar-refractivity contribution in [1.29, 1.82) is 0 Å². The number of hydrogen-bond acceptors (Lipinski definition) is 1. The van der Waals surface area contributed by atoms with E-state index in [1.807, 2.05) is 0 Å². The Labute approximate surface area is 92.5 Å². The average molecular weight is 217 g/mol. The van der Waals surface area contributed by atoms with Gasteiger partial charge in [0.2, 0.25) is 5.24 Å². The first kappa shape index (κ1) is 13.7. The van der Waals surface area contributed by atoms with E-state index in [2.05, 4.69) is 19.1 Å². The second kappa shape index (κ2) is 10.8. The molecule has 0 aromatic carbocycles. The molecular formula is C12H21ClO. The van der Waals surface area contributed by atoms with Crippen molar-refractivity contribution in [3.8, 4) is 0 Å². The fourth-order valence-electron chi connectivity index (χ4n) is 1.34. The van der Waals surface area contributed by atoms with Gasteiger partial charge >= 0.3 is 0 Å². The van der Waals surface area contributed by atoms with Crippen molar-refractivity contribution in [1.82, 2.24) is 0 Å². The molecule has 0 heterocycles. The van der Waals surface area contributed by atoms with Crippen LogP contribution in [-0.4, -0.2) is 5.24 Å². The van der Waals surface area contributed by atoms with Crippen molar-refractivity contribution < 1.29 is 4.79 Å². The van der Waals surface area contributed by atoms with E-state index in [1.54, 1.807) is 0 Å². The van der Waals surface area contributed by atoms with Crippen LogP contribution in [0.2, 0.25) is 0 Å². The summed E-state index contributed by atoms with van der Waals surface area (Å²) < 4.78 is 0. The van der Waals surface area contributed by atoms with Gasteiger partial charge in [-0.25, -0.2) is 0 Å². The quantitative estimate of drug-likeness (QED) is 0.316. The Morgan fingerprint density at radius 2 is 1.71 bits per heavy atom.